The van der Waals surface area contributed by atoms with Gasteiger partial charge in [-0.3, -0.25) is 19.4 Å². The van der Waals surface area contributed by atoms with Crippen molar-refractivity contribution >= 4 is 35.2 Å². The monoisotopic (exact) mass is 681 g/mol. The lowest BCUT2D eigenvalue weighted by Crippen LogP contribution is -2.52. The summed E-state index contributed by atoms with van der Waals surface area (Å²) in [6, 6.07) is 12.6. The molecule has 2 aliphatic rings. The van der Waals surface area contributed by atoms with Gasteiger partial charge in [0.15, 0.2) is 5.72 Å². The molecule has 0 bridgehead atoms. The van der Waals surface area contributed by atoms with Crippen LogP contribution in [0, 0.1) is 5.82 Å². The first-order valence-electron chi connectivity index (χ1n) is 15.0. The van der Waals surface area contributed by atoms with Crippen molar-refractivity contribution in [2.45, 2.75) is 57.2 Å². The van der Waals surface area contributed by atoms with Gasteiger partial charge in [-0.25, -0.2) is 9.18 Å². The fourth-order valence-electron chi connectivity index (χ4n) is 6.03. The van der Waals surface area contributed by atoms with E-state index in [2.05, 4.69) is 10.1 Å². The standard InChI is InChI=1S/C34H34Cl2FN5O5/c1-32(2,3)47-31(44)40-18-26(19-40)42-16-22(14-39-42)33(4,45)21-12-27-29(28(37)13-21)34(46-5,20-6-8-23(35)9-7-20)41(30(27)43)17-25-11-10-24(36)15-38-25/h6-16,26,45H,17-19H2,1-5H3/t33?,34-/m1/s1. The minimum absolute atomic E-state index is 0.00762. The van der Waals surface area contributed by atoms with E-state index < -0.39 is 34.7 Å². The maximum Gasteiger partial charge on any atom is 0.410 e. The summed E-state index contributed by atoms with van der Waals surface area (Å²) in [5, 5.41) is 17.1. The molecule has 0 saturated carbocycles. The first-order valence-corrected chi connectivity index (χ1v) is 15.7. The maximum absolute atomic E-state index is 16.5. The number of amides is 2. The lowest BCUT2D eigenvalue weighted by molar-refractivity contribution is -0.0886. The number of aliphatic hydroxyl groups is 1. The lowest BCUT2D eigenvalue weighted by atomic mass is 9.85. The Hall–Kier alpha value is -4.03. The minimum atomic E-state index is -1.73. The third kappa shape index (κ3) is 5.86. The summed E-state index contributed by atoms with van der Waals surface area (Å²) in [5.74, 6) is -1.26. The van der Waals surface area contributed by atoms with E-state index in [4.69, 9.17) is 32.7 Å². The van der Waals surface area contributed by atoms with E-state index in [9.17, 15) is 14.7 Å². The molecule has 0 radical (unpaired) electrons. The second-order valence-electron chi connectivity index (χ2n) is 12.9. The lowest BCUT2D eigenvalue weighted by Gasteiger charge is -2.39. The van der Waals surface area contributed by atoms with Gasteiger partial charge in [0.05, 0.1) is 40.6 Å². The molecule has 1 fully saturated rings. The number of halogens is 3. The van der Waals surface area contributed by atoms with Crippen LogP contribution in [0.1, 0.15) is 72.0 Å². The number of pyridine rings is 1. The molecule has 2 aromatic carbocycles. The molecule has 4 aromatic rings. The van der Waals surface area contributed by atoms with Crippen LogP contribution >= 0.6 is 23.2 Å². The van der Waals surface area contributed by atoms with Crippen LogP contribution in [0.2, 0.25) is 10.0 Å². The molecule has 2 aromatic heterocycles. The molecule has 1 N–H and O–H groups in total. The van der Waals surface area contributed by atoms with Gasteiger partial charge in [0, 0.05) is 48.7 Å². The van der Waals surface area contributed by atoms with Gasteiger partial charge in [0.25, 0.3) is 5.91 Å². The second kappa shape index (κ2) is 11.9. The van der Waals surface area contributed by atoms with Crippen molar-refractivity contribution in [3.05, 3.63) is 116 Å². The van der Waals surface area contributed by atoms with Crippen LogP contribution in [0.3, 0.4) is 0 Å². The van der Waals surface area contributed by atoms with Crippen LogP contribution in [0.25, 0.3) is 0 Å². The molecule has 0 spiro atoms. The van der Waals surface area contributed by atoms with Crippen molar-refractivity contribution in [3.8, 4) is 0 Å². The first kappa shape index (κ1) is 32.9. The largest absolute Gasteiger partial charge is 0.444 e. The van der Waals surface area contributed by atoms with Crippen LogP contribution in [0.15, 0.2) is 67.1 Å². The van der Waals surface area contributed by atoms with Crippen LogP contribution in [0.5, 0.6) is 0 Å². The van der Waals surface area contributed by atoms with Gasteiger partial charge in [-0.05, 0) is 69.7 Å². The highest BCUT2D eigenvalue weighted by molar-refractivity contribution is 6.30. The Morgan fingerprint density at radius 3 is 2.34 bits per heavy atom. The van der Waals surface area contributed by atoms with Crippen molar-refractivity contribution in [2.75, 3.05) is 20.2 Å². The number of fused-ring (bicyclic) bond motifs is 1. The van der Waals surface area contributed by atoms with Gasteiger partial charge in [0.1, 0.15) is 17.0 Å². The Morgan fingerprint density at radius 2 is 1.72 bits per heavy atom. The molecule has 1 saturated heterocycles. The number of likely N-dealkylation sites (tertiary alicyclic amines) is 1. The average molecular weight is 683 g/mol. The highest BCUT2D eigenvalue weighted by Gasteiger charge is 2.54. The maximum atomic E-state index is 16.5. The van der Waals surface area contributed by atoms with Crippen LogP contribution < -0.4 is 0 Å². The molecule has 13 heteroatoms. The van der Waals surface area contributed by atoms with Crippen molar-refractivity contribution in [2.24, 2.45) is 0 Å². The van der Waals surface area contributed by atoms with Gasteiger partial charge in [-0.1, -0.05) is 35.3 Å². The molecule has 6 rings (SSSR count). The van der Waals surface area contributed by atoms with Crippen LogP contribution in [-0.2, 0) is 27.3 Å². The van der Waals surface area contributed by atoms with Crippen molar-refractivity contribution in [1.29, 1.82) is 0 Å². The molecule has 10 nitrogen and oxygen atoms in total. The Labute approximate surface area is 281 Å². The Bertz CT molecular complexity index is 1840. The number of benzene rings is 2. The summed E-state index contributed by atoms with van der Waals surface area (Å²) in [6.07, 6.45) is 4.22. The van der Waals surface area contributed by atoms with E-state index in [1.165, 1.54) is 43.5 Å². The molecule has 2 atom stereocenters. The Kier molecular flexibility index (Phi) is 8.32. The van der Waals surface area contributed by atoms with E-state index in [1.807, 2.05) is 0 Å². The molecular weight excluding hydrogens is 648 g/mol. The number of hydrogen-bond donors (Lipinski definition) is 1. The molecule has 4 heterocycles. The quantitative estimate of drug-likeness (QED) is 0.245. The number of nitrogens with zero attached hydrogens (tertiary/aromatic N) is 5. The first-order chi connectivity index (χ1) is 22.1. The summed E-state index contributed by atoms with van der Waals surface area (Å²) in [5.41, 5.74) is -2.44. The number of aromatic nitrogens is 3. The number of rotatable bonds is 7. The SMILES string of the molecule is CO[C@]1(c2ccc(Cl)cc2)c2c(F)cc(C(C)(O)c3cnn(C4CN(C(=O)OC(C)(C)C)C4)c3)cc2C(=O)N1Cc1ccc(Cl)cn1. The second-order valence-corrected chi connectivity index (χ2v) is 13.8. The van der Waals surface area contributed by atoms with Gasteiger partial charge >= 0.3 is 6.09 Å². The summed E-state index contributed by atoms with van der Waals surface area (Å²) in [7, 11) is 1.40. The van der Waals surface area contributed by atoms with Crippen molar-refractivity contribution < 1.29 is 28.6 Å². The molecular formula is C34H34Cl2FN5O5. The predicted molar refractivity (Wildman–Crippen MR) is 173 cm³/mol. The highest BCUT2D eigenvalue weighted by atomic mass is 35.5. The summed E-state index contributed by atoms with van der Waals surface area (Å²) in [4.78, 5) is 33.9. The smallest absolute Gasteiger partial charge is 0.410 e. The molecule has 2 aliphatic heterocycles. The van der Waals surface area contributed by atoms with Crippen LogP contribution in [-0.4, -0.2) is 67.5 Å². The van der Waals surface area contributed by atoms with Crippen molar-refractivity contribution in [1.82, 2.24) is 24.6 Å². The fraction of sp³-hybridized carbons (Fsp3) is 0.353. The number of carbonyl (C=O) groups excluding carboxylic acids is 2. The Morgan fingerprint density at radius 1 is 1.04 bits per heavy atom. The van der Waals surface area contributed by atoms with Crippen molar-refractivity contribution in [3.63, 3.8) is 0 Å². The predicted octanol–water partition coefficient (Wildman–Crippen LogP) is 6.28. The van der Waals surface area contributed by atoms with Gasteiger partial charge in [0.2, 0.25) is 0 Å². The zero-order valence-electron chi connectivity index (χ0n) is 26.5. The molecule has 246 valence electrons. The van der Waals surface area contributed by atoms with Gasteiger partial charge in [-0.15, -0.1) is 0 Å². The van der Waals surface area contributed by atoms with Gasteiger partial charge < -0.3 is 19.5 Å². The van der Waals surface area contributed by atoms with E-state index >= 15 is 4.39 Å². The summed E-state index contributed by atoms with van der Waals surface area (Å²) in [6.45, 7) is 7.69. The summed E-state index contributed by atoms with van der Waals surface area (Å²) < 4.78 is 29.7. The molecule has 1 unspecified atom stereocenters. The number of methoxy groups -OCH3 is 1. The average Bonchev–Trinajstić information content (AvgIpc) is 3.56. The zero-order valence-corrected chi connectivity index (χ0v) is 28.0. The van der Waals surface area contributed by atoms with Crippen LogP contribution in [0.4, 0.5) is 9.18 Å². The highest BCUT2D eigenvalue weighted by Crippen LogP contribution is 2.48. The van der Waals surface area contributed by atoms with Gasteiger partial charge in [-0.2, -0.15) is 5.10 Å². The zero-order chi connectivity index (χ0) is 33.9. The van der Waals surface area contributed by atoms with E-state index in [0.29, 0.717) is 40.0 Å². The topological polar surface area (TPSA) is 110 Å². The number of hydrogen-bond acceptors (Lipinski definition) is 7. The summed E-state index contributed by atoms with van der Waals surface area (Å²) >= 11 is 12.2. The molecule has 2 amide bonds. The third-order valence-electron chi connectivity index (χ3n) is 8.54. The molecule has 0 aliphatic carbocycles. The van der Waals surface area contributed by atoms with E-state index in [0.717, 1.165) is 0 Å². The minimum Gasteiger partial charge on any atom is -0.444 e. The van der Waals surface area contributed by atoms with E-state index in [1.54, 1.807) is 72.9 Å². The fourth-order valence-corrected chi connectivity index (χ4v) is 6.27. The number of carbonyl (C=O) groups is 2. The number of ether oxygens (including phenoxy) is 2. The third-order valence-corrected chi connectivity index (χ3v) is 9.01. The normalized spacial score (nSPS) is 19.4. The molecule has 47 heavy (non-hydrogen) atoms. The van der Waals surface area contributed by atoms with E-state index in [-0.39, 0.29) is 29.3 Å². The Balaban J connectivity index is 1.34.